The normalized spacial score (nSPS) is 13.3. The standard InChI is InChI=1S/C45H28N4O/c1-3-14-29(15-4-1)31-26-32(28-33(27-31)49-39-23-10-7-18-34(39)35-19-8-11-24-40(35)49)44-46-43(30-16-5-2-6-17-30)47-45(48-44)38-22-13-21-37-36-20-9-12-25-41(36)50-42(37)38/h1-28H/i7D,8D,18D,19D,23D,24D. The smallest absolute Gasteiger partial charge is 0.167 e. The molecule has 0 fully saturated rings. The van der Waals surface area contributed by atoms with E-state index in [9.17, 15) is 0 Å². The summed E-state index contributed by atoms with van der Waals surface area (Å²) in [4.78, 5) is 15.2. The lowest BCUT2D eigenvalue weighted by Gasteiger charge is -2.14. The Morgan fingerprint density at radius 3 is 1.80 bits per heavy atom. The van der Waals surface area contributed by atoms with E-state index in [1.54, 1.807) is 4.57 Å². The van der Waals surface area contributed by atoms with E-state index in [1.807, 2.05) is 121 Å². The van der Waals surface area contributed by atoms with E-state index in [-0.39, 0.29) is 58.1 Å². The maximum atomic E-state index is 9.07. The van der Waals surface area contributed by atoms with Crippen LogP contribution in [0.3, 0.4) is 0 Å². The van der Waals surface area contributed by atoms with Gasteiger partial charge in [0, 0.05) is 38.4 Å². The van der Waals surface area contributed by atoms with Gasteiger partial charge in [0.05, 0.1) is 24.8 Å². The summed E-state index contributed by atoms with van der Waals surface area (Å²) in [6.45, 7) is 0. The van der Waals surface area contributed by atoms with Crippen molar-refractivity contribution in [1.82, 2.24) is 19.5 Å². The van der Waals surface area contributed by atoms with Crippen LogP contribution >= 0.6 is 0 Å². The molecule has 0 N–H and O–H groups in total. The minimum atomic E-state index is -0.174. The van der Waals surface area contributed by atoms with Crippen molar-refractivity contribution in [2.45, 2.75) is 0 Å². The topological polar surface area (TPSA) is 56.7 Å². The summed E-state index contributed by atoms with van der Waals surface area (Å²) in [5.74, 6) is 1.23. The molecule has 0 aliphatic heterocycles. The van der Waals surface area contributed by atoms with Crippen molar-refractivity contribution < 1.29 is 12.6 Å². The maximum Gasteiger partial charge on any atom is 0.167 e. The second-order valence-electron chi connectivity index (χ2n) is 12.0. The van der Waals surface area contributed by atoms with Gasteiger partial charge in [0.15, 0.2) is 17.5 Å². The van der Waals surface area contributed by atoms with Crippen LogP contribution in [0.15, 0.2) is 174 Å². The molecule has 0 amide bonds. The quantitative estimate of drug-likeness (QED) is 0.187. The fourth-order valence-electron chi connectivity index (χ4n) is 6.70. The van der Waals surface area contributed by atoms with Crippen molar-refractivity contribution >= 4 is 43.7 Å². The minimum absolute atomic E-state index is 0.0399. The molecule has 3 aromatic heterocycles. The summed E-state index contributed by atoms with van der Waals surface area (Å²) in [6, 6.07) is 40.9. The highest BCUT2D eigenvalue weighted by atomic mass is 16.3. The first-order chi connectivity index (χ1) is 27.2. The van der Waals surface area contributed by atoms with Gasteiger partial charge in [-0.3, -0.25) is 0 Å². The number of hydrogen-bond acceptors (Lipinski definition) is 4. The third kappa shape index (κ3) is 4.60. The molecule has 3 heterocycles. The Bertz CT molecular complexity index is 3150. The first-order valence-corrected chi connectivity index (χ1v) is 16.2. The van der Waals surface area contributed by atoms with E-state index >= 15 is 0 Å². The lowest BCUT2D eigenvalue weighted by Crippen LogP contribution is -2.02. The van der Waals surface area contributed by atoms with E-state index in [0.29, 0.717) is 39.9 Å². The van der Waals surface area contributed by atoms with E-state index in [1.165, 1.54) is 12.1 Å². The second kappa shape index (κ2) is 11.4. The van der Waals surface area contributed by atoms with Gasteiger partial charge in [-0.15, -0.1) is 0 Å². The fraction of sp³-hybridized carbons (Fsp3) is 0. The van der Waals surface area contributed by atoms with Crippen LogP contribution in [0.4, 0.5) is 0 Å². The van der Waals surface area contributed by atoms with Gasteiger partial charge in [0.2, 0.25) is 0 Å². The Morgan fingerprint density at radius 1 is 0.460 bits per heavy atom. The molecule has 0 aliphatic carbocycles. The number of aromatic nitrogens is 4. The van der Waals surface area contributed by atoms with Crippen LogP contribution in [0.1, 0.15) is 8.22 Å². The van der Waals surface area contributed by atoms with Gasteiger partial charge in [-0.25, -0.2) is 15.0 Å². The maximum absolute atomic E-state index is 9.07. The first-order valence-electron chi connectivity index (χ1n) is 19.2. The predicted octanol–water partition coefficient (Wildman–Crippen LogP) is 11.5. The molecule has 0 saturated heterocycles. The molecule has 0 unspecified atom stereocenters. The van der Waals surface area contributed by atoms with Gasteiger partial charge in [-0.2, -0.15) is 0 Å². The number of benzene rings is 7. The average molecular weight is 647 g/mol. The molecule has 5 heteroatoms. The number of nitrogens with zero attached hydrogens (tertiary/aromatic N) is 4. The number of furan rings is 1. The molecule has 0 spiro atoms. The van der Waals surface area contributed by atoms with Crippen LogP contribution in [0, 0.1) is 0 Å². The summed E-state index contributed by atoms with van der Waals surface area (Å²) >= 11 is 0. The molecule has 10 rings (SSSR count). The second-order valence-corrected chi connectivity index (χ2v) is 12.0. The van der Waals surface area contributed by atoms with Crippen molar-refractivity contribution in [3.05, 3.63) is 170 Å². The van der Waals surface area contributed by atoms with Crippen LogP contribution in [0.25, 0.3) is 94.7 Å². The van der Waals surface area contributed by atoms with Crippen molar-refractivity contribution in [3.8, 4) is 51.0 Å². The van der Waals surface area contributed by atoms with E-state index in [4.69, 9.17) is 27.6 Å². The van der Waals surface area contributed by atoms with E-state index < -0.39 is 0 Å². The monoisotopic (exact) mass is 646 g/mol. The van der Waals surface area contributed by atoms with Crippen LogP contribution in [0.5, 0.6) is 0 Å². The minimum Gasteiger partial charge on any atom is -0.455 e. The molecule has 0 atom stereocenters. The molecule has 234 valence electrons. The molecular formula is C45H28N4O. The van der Waals surface area contributed by atoms with Crippen LogP contribution < -0.4 is 0 Å². The van der Waals surface area contributed by atoms with Crippen molar-refractivity contribution in [3.63, 3.8) is 0 Å². The Labute approximate surface area is 296 Å². The van der Waals surface area contributed by atoms with Gasteiger partial charge >= 0.3 is 0 Å². The van der Waals surface area contributed by atoms with Gasteiger partial charge in [-0.1, -0.05) is 127 Å². The molecule has 0 radical (unpaired) electrons. The summed E-state index contributed by atoms with van der Waals surface area (Å²) < 4.78 is 61.0. The number of para-hydroxylation sites is 4. The Morgan fingerprint density at radius 2 is 1.06 bits per heavy atom. The van der Waals surface area contributed by atoms with Crippen LogP contribution in [0.2, 0.25) is 0 Å². The molecule has 50 heavy (non-hydrogen) atoms. The van der Waals surface area contributed by atoms with Gasteiger partial charge in [0.25, 0.3) is 0 Å². The molecule has 7 aromatic carbocycles. The lowest BCUT2D eigenvalue weighted by atomic mass is 10.0. The Balaban J connectivity index is 1.30. The highest BCUT2D eigenvalue weighted by Crippen LogP contribution is 2.38. The molecule has 0 saturated carbocycles. The molecule has 0 bridgehead atoms. The van der Waals surface area contributed by atoms with E-state index in [0.717, 1.165) is 33.0 Å². The third-order valence-corrected chi connectivity index (χ3v) is 8.98. The van der Waals surface area contributed by atoms with Crippen LogP contribution in [-0.2, 0) is 0 Å². The van der Waals surface area contributed by atoms with Crippen LogP contribution in [-0.4, -0.2) is 19.5 Å². The van der Waals surface area contributed by atoms with Gasteiger partial charge in [0.1, 0.15) is 11.2 Å². The molecule has 10 aromatic rings. The fourth-order valence-corrected chi connectivity index (χ4v) is 6.70. The summed E-state index contributed by atoms with van der Waals surface area (Å²) in [7, 11) is 0. The van der Waals surface area contributed by atoms with Crippen molar-refractivity contribution in [2.24, 2.45) is 0 Å². The van der Waals surface area contributed by atoms with E-state index in [2.05, 4.69) is 0 Å². The Kier molecular flexibility index (Phi) is 5.17. The molecular weight excluding hydrogens is 613 g/mol. The van der Waals surface area contributed by atoms with Crippen molar-refractivity contribution in [1.29, 1.82) is 0 Å². The Hall–Kier alpha value is -6.85. The van der Waals surface area contributed by atoms with Crippen molar-refractivity contribution in [2.75, 3.05) is 0 Å². The lowest BCUT2D eigenvalue weighted by molar-refractivity contribution is 0.669. The van der Waals surface area contributed by atoms with Gasteiger partial charge < -0.3 is 8.98 Å². The zero-order chi connectivity index (χ0) is 38.2. The summed E-state index contributed by atoms with van der Waals surface area (Å²) in [5, 5.41) is 2.29. The molecule has 0 aliphatic rings. The number of hydrogen-bond donors (Lipinski definition) is 0. The largest absolute Gasteiger partial charge is 0.455 e. The highest BCUT2D eigenvalue weighted by molar-refractivity contribution is 6.10. The SMILES string of the molecule is [2H]c1cc([2H])c2c(c1[2H])c1c([2H])c([2H])cc([2H])c1n2-c1cc(-c2ccccc2)cc(-c2nc(-c3ccccc3)nc(-c3cccc4c3oc3ccccc34)n2)c1. The first kappa shape index (κ1) is 22.7. The number of fused-ring (bicyclic) bond motifs is 6. The zero-order valence-electron chi connectivity index (χ0n) is 32.4. The average Bonchev–Trinajstić information content (AvgIpc) is 3.80. The zero-order valence-corrected chi connectivity index (χ0v) is 26.4. The summed E-state index contributed by atoms with van der Waals surface area (Å²) in [6.07, 6.45) is 0. The highest BCUT2D eigenvalue weighted by Gasteiger charge is 2.19. The molecule has 5 nitrogen and oxygen atoms in total. The number of rotatable bonds is 5. The third-order valence-electron chi connectivity index (χ3n) is 8.98. The van der Waals surface area contributed by atoms with Gasteiger partial charge in [-0.05, 0) is 53.5 Å². The summed E-state index contributed by atoms with van der Waals surface area (Å²) in [5.41, 5.74) is 6.24. The predicted molar refractivity (Wildman–Crippen MR) is 203 cm³/mol.